The van der Waals surface area contributed by atoms with Gasteiger partial charge in [0.2, 0.25) is 0 Å². The number of Topliss-reactive ketones (excluding diaryl/α,β-unsaturated/α-hetero) is 1. The number of carbonyl (C=O) groups is 1. The Labute approximate surface area is 209 Å². The van der Waals surface area contributed by atoms with Gasteiger partial charge in [-0.1, -0.05) is 30.1 Å². The van der Waals surface area contributed by atoms with Crippen molar-refractivity contribution >= 4 is 5.78 Å². The van der Waals surface area contributed by atoms with Crippen molar-refractivity contribution in [2.45, 2.75) is 109 Å². The van der Waals surface area contributed by atoms with Crippen LogP contribution in [-0.2, 0) is 17.6 Å². The van der Waals surface area contributed by atoms with Crippen molar-refractivity contribution in [2.24, 2.45) is 5.92 Å². The summed E-state index contributed by atoms with van der Waals surface area (Å²) in [7, 11) is 0. The molecule has 4 rings (SSSR count). The van der Waals surface area contributed by atoms with Crippen molar-refractivity contribution in [3.05, 3.63) is 32.8 Å². The Hall–Kier alpha value is -3.47. The summed E-state index contributed by atoms with van der Waals surface area (Å²) in [5.41, 5.74) is 0. The first kappa shape index (κ1) is 27.1. The number of nitriles is 2. The van der Waals surface area contributed by atoms with Gasteiger partial charge < -0.3 is 0 Å². The minimum Gasteiger partial charge on any atom is -0.300 e. The first-order valence-electron chi connectivity index (χ1n) is 12.8. The third-order valence-corrected chi connectivity index (χ3v) is 6.92. The molecular formula is C25H34N6O5. The van der Waals surface area contributed by atoms with Gasteiger partial charge in [0, 0.05) is 50.6 Å². The van der Waals surface area contributed by atoms with Crippen molar-refractivity contribution in [2.75, 3.05) is 0 Å². The highest BCUT2D eigenvalue weighted by Crippen LogP contribution is 2.29. The van der Waals surface area contributed by atoms with Gasteiger partial charge in [-0.2, -0.15) is 10.5 Å². The fourth-order valence-corrected chi connectivity index (χ4v) is 5.08. The molecule has 0 amide bonds. The summed E-state index contributed by atoms with van der Waals surface area (Å²) >= 11 is 0. The highest BCUT2D eigenvalue weighted by atomic mass is 16.5. The van der Waals surface area contributed by atoms with E-state index in [1.807, 2.05) is 6.07 Å². The molecule has 0 fully saturated rings. The van der Waals surface area contributed by atoms with Crippen LogP contribution in [0.3, 0.4) is 0 Å². The lowest BCUT2D eigenvalue weighted by atomic mass is 9.94. The number of aryl methyl sites for hydroxylation is 2. The lowest BCUT2D eigenvalue weighted by Crippen LogP contribution is -2.23. The lowest BCUT2D eigenvalue weighted by molar-refractivity contribution is -0.119. The zero-order valence-electron chi connectivity index (χ0n) is 20.9. The molecule has 0 N–H and O–H groups in total. The van der Waals surface area contributed by atoms with Crippen molar-refractivity contribution in [3.8, 4) is 12.1 Å². The van der Waals surface area contributed by atoms with Gasteiger partial charge in [-0.3, -0.25) is 23.0 Å². The van der Waals surface area contributed by atoms with E-state index in [0.717, 1.165) is 63.6 Å². The van der Waals surface area contributed by atoms with E-state index < -0.39 is 5.76 Å². The molecule has 2 aliphatic rings. The predicted octanol–water partition coefficient (Wildman–Crippen LogP) is 3.80. The standard InChI is InChI=1S/C13H19N3O2.C12H15N3O3/c1-10(5-4-8-14)9-11-6-2-3-7-12-15-18-13(17)16(11)12;13-7-3-5-10(16)8-9-4-1-2-6-11-14-18-12(17)15(9)11/h10-11H,2-7,9H2,1H3;9H,1-6,8H2. The Morgan fingerprint density at radius 2 is 1.50 bits per heavy atom. The summed E-state index contributed by atoms with van der Waals surface area (Å²) in [5.74, 6) is 1.07. The van der Waals surface area contributed by atoms with Crippen LogP contribution in [0.2, 0.25) is 0 Å². The van der Waals surface area contributed by atoms with Crippen LogP contribution in [0.25, 0.3) is 0 Å². The number of hydrogen-bond acceptors (Lipinski definition) is 9. The smallest absolute Gasteiger partial charge is 0.300 e. The van der Waals surface area contributed by atoms with Crippen molar-refractivity contribution < 1.29 is 13.8 Å². The minimum atomic E-state index is -0.481. The van der Waals surface area contributed by atoms with Gasteiger partial charge in [0.25, 0.3) is 0 Å². The summed E-state index contributed by atoms with van der Waals surface area (Å²) in [5, 5.41) is 24.7. The molecule has 2 aliphatic heterocycles. The molecule has 36 heavy (non-hydrogen) atoms. The molecule has 0 bridgehead atoms. The maximum atomic E-state index is 11.7. The first-order valence-corrected chi connectivity index (χ1v) is 12.8. The highest BCUT2D eigenvalue weighted by Gasteiger charge is 2.25. The molecule has 0 saturated heterocycles. The van der Waals surface area contributed by atoms with Crippen LogP contribution < -0.4 is 11.5 Å². The zero-order valence-corrected chi connectivity index (χ0v) is 20.9. The molecule has 3 unspecified atom stereocenters. The zero-order chi connectivity index (χ0) is 25.9. The van der Waals surface area contributed by atoms with E-state index in [4.69, 9.17) is 15.0 Å². The molecule has 0 radical (unpaired) electrons. The number of carbonyl (C=O) groups excluding carboxylic acids is 1. The van der Waals surface area contributed by atoms with Crippen LogP contribution in [0.5, 0.6) is 0 Å². The summed E-state index contributed by atoms with van der Waals surface area (Å²) in [6.07, 6.45) is 10.6. The third-order valence-electron chi connectivity index (χ3n) is 6.92. The van der Waals surface area contributed by atoms with Crippen LogP contribution in [0.15, 0.2) is 18.6 Å². The summed E-state index contributed by atoms with van der Waals surface area (Å²) in [6.45, 7) is 2.14. The average Bonchev–Trinajstić information content (AvgIpc) is 3.25. The van der Waals surface area contributed by atoms with Crippen molar-refractivity contribution in [1.82, 2.24) is 19.4 Å². The van der Waals surface area contributed by atoms with E-state index in [-0.39, 0.29) is 42.9 Å². The fraction of sp³-hybridized carbons (Fsp3) is 0.720. The molecule has 0 saturated carbocycles. The molecular weight excluding hydrogens is 464 g/mol. The van der Waals surface area contributed by atoms with E-state index in [0.29, 0.717) is 24.6 Å². The SMILES string of the molecule is CC(CCC#N)CC1CCCCc2noc(=O)n21.N#CCCC(=O)CC1CCCCc2noc(=O)n21. The lowest BCUT2D eigenvalue weighted by Gasteiger charge is -2.19. The van der Waals surface area contributed by atoms with Gasteiger partial charge in [-0.15, -0.1) is 0 Å². The second-order valence-electron chi connectivity index (χ2n) is 9.71. The molecule has 4 heterocycles. The Bertz CT molecular complexity index is 1190. The van der Waals surface area contributed by atoms with Crippen LogP contribution in [-0.4, -0.2) is 25.2 Å². The van der Waals surface area contributed by atoms with Gasteiger partial charge in [0.15, 0.2) is 11.6 Å². The molecule has 0 aliphatic carbocycles. The molecule has 0 aromatic carbocycles. The summed E-state index contributed by atoms with van der Waals surface area (Å²) in [6, 6.07) is 4.16. The number of aromatic nitrogens is 4. The quantitative estimate of drug-likeness (QED) is 0.527. The maximum Gasteiger partial charge on any atom is 0.441 e. The van der Waals surface area contributed by atoms with Crippen LogP contribution >= 0.6 is 0 Å². The van der Waals surface area contributed by atoms with Crippen LogP contribution in [0.1, 0.15) is 108 Å². The van der Waals surface area contributed by atoms with Gasteiger partial charge in [0.1, 0.15) is 5.78 Å². The average molecular weight is 499 g/mol. The minimum absolute atomic E-state index is 0.0162. The topological polar surface area (TPSA) is 161 Å². The van der Waals surface area contributed by atoms with E-state index in [1.54, 1.807) is 4.57 Å². The highest BCUT2D eigenvalue weighted by molar-refractivity contribution is 5.79. The van der Waals surface area contributed by atoms with Gasteiger partial charge in [0.05, 0.1) is 12.1 Å². The molecule has 0 spiro atoms. The van der Waals surface area contributed by atoms with Gasteiger partial charge in [-0.05, 0) is 44.4 Å². The fourth-order valence-electron chi connectivity index (χ4n) is 5.08. The predicted molar refractivity (Wildman–Crippen MR) is 128 cm³/mol. The number of fused-ring (bicyclic) bond motifs is 2. The van der Waals surface area contributed by atoms with Crippen molar-refractivity contribution in [3.63, 3.8) is 0 Å². The number of rotatable bonds is 8. The van der Waals surface area contributed by atoms with Crippen LogP contribution in [0.4, 0.5) is 0 Å². The Balaban J connectivity index is 0.000000201. The van der Waals surface area contributed by atoms with E-state index in [2.05, 4.69) is 27.8 Å². The Morgan fingerprint density at radius 1 is 0.944 bits per heavy atom. The summed E-state index contributed by atoms with van der Waals surface area (Å²) in [4.78, 5) is 35.0. The normalized spacial score (nSPS) is 19.8. The molecule has 194 valence electrons. The van der Waals surface area contributed by atoms with Gasteiger partial charge in [-0.25, -0.2) is 9.59 Å². The first-order chi connectivity index (χ1) is 17.4. The molecule has 2 aromatic rings. The molecule has 11 heteroatoms. The number of nitrogens with zero attached hydrogens (tertiary/aromatic N) is 6. The van der Waals surface area contributed by atoms with Gasteiger partial charge >= 0.3 is 11.5 Å². The molecule has 11 nitrogen and oxygen atoms in total. The monoisotopic (exact) mass is 498 g/mol. The molecule has 3 atom stereocenters. The second-order valence-corrected chi connectivity index (χ2v) is 9.71. The largest absolute Gasteiger partial charge is 0.441 e. The van der Waals surface area contributed by atoms with Crippen LogP contribution in [0, 0.1) is 28.6 Å². The third kappa shape index (κ3) is 7.27. The van der Waals surface area contributed by atoms with E-state index in [9.17, 15) is 14.4 Å². The summed E-state index contributed by atoms with van der Waals surface area (Å²) < 4.78 is 12.7. The maximum absolute atomic E-state index is 11.7. The Morgan fingerprint density at radius 3 is 2.08 bits per heavy atom. The molecule has 2 aromatic heterocycles. The van der Waals surface area contributed by atoms with E-state index in [1.165, 1.54) is 4.57 Å². The number of ketones is 1. The Kier molecular flexibility index (Phi) is 10.2. The van der Waals surface area contributed by atoms with Crippen molar-refractivity contribution in [1.29, 1.82) is 10.5 Å². The van der Waals surface area contributed by atoms with E-state index >= 15 is 0 Å². The second kappa shape index (κ2) is 13.6. The number of hydrogen-bond donors (Lipinski definition) is 0.